The number of hydrogen-bond acceptors (Lipinski definition) is 3. The fraction of sp³-hybridized carbons (Fsp3) is 1.00. The lowest BCUT2D eigenvalue weighted by atomic mass is 9.73. The van der Waals surface area contributed by atoms with Crippen molar-refractivity contribution in [2.24, 2.45) is 5.41 Å². The third-order valence-corrected chi connectivity index (χ3v) is 6.04. The average molecular weight is 289 g/mol. The maximum absolute atomic E-state index is 12.5. The predicted molar refractivity (Wildman–Crippen MR) is 83.0 cm³/mol. The van der Waals surface area contributed by atoms with Gasteiger partial charge in [0.05, 0.1) is 5.25 Å². The molecule has 1 rings (SSSR count). The summed E-state index contributed by atoms with van der Waals surface area (Å²) in [4.78, 5) is 0. The van der Waals surface area contributed by atoms with E-state index in [9.17, 15) is 4.21 Å². The third kappa shape index (κ3) is 5.16. The lowest BCUT2D eigenvalue weighted by molar-refractivity contribution is 0.172. The highest BCUT2D eigenvalue weighted by molar-refractivity contribution is 7.85. The van der Waals surface area contributed by atoms with Gasteiger partial charge in [-0.25, -0.2) is 0 Å². The van der Waals surface area contributed by atoms with E-state index in [2.05, 4.69) is 26.1 Å². The van der Waals surface area contributed by atoms with Crippen LogP contribution in [0.5, 0.6) is 0 Å². The van der Waals surface area contributed by atoms with Gasteiger partial charge in [-0.2, -0.15) is 0 Å². The minimum absolute atomic E-state index is 0.259. The fourth-order valence-electron chi connectivity index (χ4n) is 3.07. The van der Waals surface area contributed by atoms with Crippen LogP contribution in [0.4, 0.5) is 0 Å². The molecule has 0 bridgehead atoms. The molecular formula is C15H31NO2S. The summed E-state index contributed by atoms with van der Waals surface area (Å²) in [5.74, 6) is 0.777. The lowest BCUT2D eigenvalue weighted by Gasteiger charge is -2.44. The van der Waals surface area contributed by atoms with Crippen LogP contribution in [0.1, 0.15) is 52.9 Å². The van der Waals surface area contributed by atoms with Crippen LogP contribution in [0, 0.1) is 5.41 Å². The molecule has 1 fully saturated rings. The van der Waals surface area contributed by atoms with Crippen LogP contribution in [-0.4, -0.2) is 41.5 Å². The SMILES string of the molecule is CCCNC1C(S(=O)CCCOC)CCCC1(C)C. The van der Waals surface area contributed by atoms with E-state index in [1.165, 1.54) is 12.8 Å². The second-order valence-electron chi connectivity index (χ2n) is 6.28. The van der Waals surface area contributed by atoms with Gasteiger partial charge in [0.1, 0.15) is 0 Å². The van der Waals surface area contributed by atoms with Gasteiger partial charge in [0, 0.05) is 36.3 Å². The van der Waals surface area contributed by atoms with Crippen LogP contribution in [0.25, 0.3) is 0 Å². The molecule has 19 heavy (non-hydrogen) atoms. The van der Waals surface area contributed by atoms with Crippen LogP contribution in [0.2, 0.25) is 0 Å². The van der Waals surface area contributed by atoms with Crippen molar-refractivity contribution in [3.8, 4) is 0 Å². The first-order valence-electron chi connectivity index (χ1n) is 7.62. The molecule has 1 N–H and O–H groups in total. The molecule has 3 nitrogen and oxygen atoms in total. The summed E-state index contributed by atoms with van der Waals surface area (Å²) in [6.07, 6.45) is 5.58. The molecule has 0 amide bonds. The Morgan fingerprint density at radius 2 is 2.16 bits per heavy atom. The van der Waals surface area contributed by atoms with E-state index in [0.29, 0.717) is 11.3 Å². The highest BCUT2D eigenvalue weighted by Crippen LogP contribution is 2.37. The van der Waals surface area contributed by atoms with E-state index in [1.807, 2.05) is 0 Å². The van der Waals surface area contributed by atoms with Crippen molar-refractivity contribution < 1.29 is 8.95 Å². The molecule has 0 aromatic heterocycles. The number of methoxy groups -OCH3 is 1. The van der Waals surface area contributed by atoms with E-state index in [1.54, 1.807) is 7.11 Å². The zero-order valence-corrected chi connectivity index (χ0v) is 13.9. The second-order valence-corrected chi connectivity index (χ2v) is 8.06. The van der Waals surface area contributed by atoms with Gasteiger partial charge >= 0.3 is 0 Å². The van der Waals surface area contributed by atoms with Crippen molar-refractivity contribution >= 4 is 10.8 Å². The topological polar surface area (TPSA) is 38.3 Å². The molecular weight excluding hydrogens is 258 g/mol. The van der Waals surface area contributed by atoms with Gasteiger partial charge in [0.2, 0.25) is 0 Å². The van der Waals surface area contributed by atoms with E-state index >= 15 is 0 Å². The number of ether oxygens (including phenoxy) is 1. The molecule has 1 aliphatic rings. The van der Waals surface area contributed by atoms with Gasteiger partial charge in [-0.15, -0.1) is 0 Å². The average Bonchev–Trinajstić information content (AvgIpc) is 2.36. The fourth-order valence-corrected chi connectivity index (χ4v) is 4.97. The van der Waals surface area contributed by atoms with E-state index < -0.39 is 10.8 Å². The smallest absolute Gasteiger partial charge is 0.0506 e. The quantitative estimate of drug-likeness (QED) is 0.698. The molecule has 0 aromatic carbocycles. The van der Waals surface area contributed by atoms with Crippen LogP contribution in [0.15, 0.2) is 0 Å². The Bertz CT molecular complexity index is 281. The highest BCUT2D eigenvalue weighted by Gasteiger charge is 2.40. The summed E-state index contributed by atoms with van der Waals surface area (Å²) in [5, 5.41) is 3.97. The summed E-state index contributed by atoms with van der Waals surface area (Å²) in [5.41, 5.74) is 0.259. The van der Waals surface area contributed by atoms with Gasteiger partial charge in [0.15, 0.2) is 0 Å². The largest absolute Gasteiger partial charge is 0.385 e. The second kappa shape index (κ2) is 8.38. The molecule has 0 aliphatic heterocycles. The summed E-state index contributed by atoms with van der Waals surface area (Å²) in [7, 11) is 0.976. The van der Waals surface area contributed by atoms with Crippen molar-refractivity contribution in [2.75, 3.05) is 26.0 Å². The first kappa shape index (κ1) is 17.1. The monoisotopic (exact) mass is 289 g/mol. The minimum atomic E-state index is -0.731. The predicted octanol–water partition coefficient (Wildman–Crippen LogP) is 2.72. The molecule has 0 aromatic rings. The molecule has 114 valence electrons. The Balaban J connectivity index is 2.63. The molecule has 3 atom stereocenters. The van der Waals surface area contributed by atoms with E-state index in [0.717, 1.165) is 38.2 Å². The molecule has 1 aliphatic carbocycles. The van der Waals surface area contributed by atoms with Gasteiger partial charge in [-0.05, 0) is 37.6 Å². The molecule has 4 heteroatoms. The Labute approximate surface area is 121 Å². The van der Waals surface area contributed by atoms with Crippen molar-refractivity contribution in [3.63, 3.8) is 0 Å². The molecule has 0 saturated heterocycles. The molecule has 0 radical (unpaired) electrons. The first-order chi connectivity index (χ1) is 9.03. The van der Waals surface area contributed by atoms with Crippen LogP contribution in [-0.2, 0) is 15.5 Å². The Morgan fingerprint density at radius 1 is 1.42 bits per heavy atom. The molecule has 1 saturated carbocycles. The van der Waals surface area contributed by atoms with Gasteiger partial charge in [-0.1, -0.05) is 27.2 Å². The Hall–Kier alpha value is 0.0700. The van der Waals surface area contributed by atoms with E-state index in [4.69, 9.17) is 4.74 Å². The van der Waals surface area contributed by atoms with Crippen LogP contribution >= 0.6 is 0 Å². The maximum Gasteiger partial charge on any atom is 0.0506 e. The van der Waals surface area contributed by atoms with Gasteiger partial charge < -0.3 is 10.1 Å². The molecule has 0 heterocycles. The van der Waals surface area contributed by atoms with Crippen molar-refractivity contribution in [1.29, 1.82) is 0 Å². The van der Waals surface area contributed by atoms with Crippen molar-refractivity contribution in [1.82, 2.24) is 5.32 Å². The van der Waals surface area contributed by atoms with Crippen molar-refractivity contribution in [2.45, 2.75) is 64.2 Å². The Kier molecular flexibility index (Phi) is 7.55. The standard InChI is InChI=1S/C15H31NO2S/c1-5-10-16-14-13(8-6-9-15(14,2)3)19(17)12-7-11-18-4/h13-14,16H,5-12H2,1-4H3. The van der Waals surface area contributed by atoms with Gasteiger partial charge in [-0.3, -0.25) is 4.21 Å². The lowest BCUT2D eigenvalue weighted by Crippen LogP contribution is -2.54. The summed E-state index contributed by atoms with van der Waals surface area (Å²) in [6, 6.07) is 0.393. The summed E-state index contributed by atoms with van der Waals surface area (Å²) in [6.45, 7) is 8.57. The van der Waals surface area contributed by atoms with Crippen molar-refractivity contribution in [3.05, 3.63) is 0 Å². The molecule has 3 unspecified atom stereocenters. The van der Waals surface area contributed by atoms with Crippen LogP contribution in [0.3, 0.4) is 0 Å². The van der Waals surface area contributed by atoms with E-state index in [-0.39, 0.29) is 5.41 Å². The zero-order chi connectivity index (χ0) is 14.3. The summed E-state index contributed by atoms with van der Waals surface area (Å²) >= 11 is 0. The highest BCUT2D eigenvalue weighted by atomic mass is 32.2. The summed E-state index contributed by atoms with van der Waals surface area (Å²) < 4.78 is 17.6. The molecule has 0 spiro atoms. The van der Waals surface area contributed by atoms with Crippen LogP contribution < -0.4 is 5.32 Å². The Morgan fingerprint density at radius 3 is 2.79 bits per heavy atom. The maximum atomic E-state index is 12.5. The normalized spacial score (nSPS) is 28.2. The zero-order valence-electron chi connectivity index (χ0n) is 13.0. The van der Waals surface area contributed by atoms with Gasteiger partial charge in [0.25, 0.3) is 0 Å². The number of hydrogen-bond donors (Lipinski definition) is 1. The number of rotatable bonds is 8. The first-order valence-corrected chi connectivity index (χ1v) is 9.00. The minimum Gasteiger partial charge on any atom is -0.385 e. The third-order valence-electron chi connectivity index (χ3n) is 4.17. The number of nitrogens with one attached hydrogen (secondary N) is 1.